The minimum Gasteiger partial charge on any atom is -0.497 e. The van der Waals surface area contributed by atoms with Crippen LogP contribution in [0.2, 0.25) is 0 Å². The van der Waals surface area contributed by atoms with Crippen molar-refractivity contribution in [1.82, 2.24) is 5.32 Å². The maximum absolute atomic E-state index is 14.2. The predicted octanol–water partition coefficient (Wildman–Crippen LogP) is 5.73. The summed E-state index contributed by atoms with van der Waals surface area (Å²) in [5.41, 5.74) is 2.39. The van der Waals surface area contributed by atoms with Crippen molar-refractivity contribution in [1.29, 1.82) is 0 Å². The van der Waals surface area contributed by atoms with Gasteiger partial charge in [-0.3, -0.25) is 0 Å². The second-order valence-corrected chi connectivity index (χ2v) is 5.39. The van der Waals surface area contributed by atoms with Crippen LogP contribution in [0.5, 0.6) is 0 Å². The van der Waals surface area contributed by atoms with Crippen molar-refractivity contribution in [2.24, 2.45) is 0 Å². The third kappa shape index (κ3) is 9.48. The second kappa shape index (κ2) is 13.0. The first kappa shape index (κ1) is 22.6. The van der Waals surface area contributed by atoms with Gasteiger partial charge in [0.15, 0.2) is 0 Å². The first-order valence-corrected chi connectivity index (χ1v) is 8.23. The minimum atomic E-state index is -0.387. The quantitative estimate of drug-likeness (QED) is 0.449. The van der Waals surface area contributed by atoms with Gasteiger partial charge in [0.05, 0.1) is 7.11 Å². The van der Waals surface area contributed by atoms with Crippen molar-refractivity contribution in [3.63, 3.8) is 0 Å². The van der Waals surface area contributed by atoms with Gasteiger partial charge in [-0.15, -0.1) is 0 Å². The fourth-order valence-electron chi connectivity index (χ4n) is 1.71. The number of allylic oxidation sites excluding steroid dienone is 11. The van der Waals surface area contributed by atoms with E-state index in [4.69, 9.17) is 4.74 Å². The summed E-state index contributed by atoms with van der Waals surface area (Å²) >= 11 is 0. The lowest BCUT2D eigenvalue weighted by Crippen LogP contribution is -2.01. The summed E-state index contributed by atoms with van der Waals surface area (Å²) in [6.07, 6.45) is 12.3. The SMILES string of the molecule is C=C(/C=C\C(=C)C(=C)/C=C(/F)C(=C)C1=CC=CCC1)OC.CCNC. The van der Waals surface area contributed by atoms with Crippen molar-refractivity contribution in [2.45, 2.75) is 19.8 Å². The average molecular weight is 343 g/mol. The lowest BCUT2D eigenvalue weighted by molar-refractivity contribution is 0.309. The Hall–Kier alpha value is -2.39. The van der Waals surface area contributed by atoms with E-state index in [1.54, 1.807) is 12.2 Å². The number of hydrogen-bond donors (Lipinski definition) is 1. The highest BCUT2D eigenvalue weighted by Gasteiger charge is 2.09. The Morgan fingerprint density at radius 1 is 1.24 bits per heavy atom. The summed E-state index contributed by atoms with van der Waals surface area (Å²) in [6, 6.07) is 0. The summed E-state index contributed by atoms with van der Waals surface area (Å²) in [7, 11) is 3.46. The van der Waals surface area contributed by atoms with Crippen LogP contribution in [-0.4, -0.2) is 20.7 Å². The molecule has 2 nitrogen and oxygen atoms in total. The smallest absolute Gasteiger partial charge is 0.130 e. The van der Waals surface area contributed by atoms with Crippen LogP contribution in [0.4, 0.5) is 4.39 Å². The average Bonchev–Trinajstić information content (AvgIpc) is 2.65. The van der Waals surface area contributed by atoms with Gasteiger partial charge in [-0.25, -0.2) is 4.39 Å². The van der Waals surface area contributed by atoms with Gasteiger partial charge in [0, 0.05) is 5.57 Å². The molecule has 0 fully saturated rings. The van der Waals surface area contributed by atoms with Crippen LogP contribution < -0.4 is 5.32 Å². The predicted molar refractivity (Wildman–Crippen MR) is 108 cm³/mol. The van der Waals surface area contributed by atoms with Crippen LogP contribution in [0.3, 0.4) is 0 Å². The van der Waals surface area contributed by atoms with Gasteiger partial charge in [-0.05, 0) is 55.3 Å². The highest BCUT2D eigenvalue weighted by molar-refractivity contribution is 5.51. The number of halogens is 1. The molecule has 0 spiro atoms. The van der Waals surface area contributed by atoms with Crippen LogP contribution in [-0.2, 0) is 4.74 Å². The molecule has 1 rings (SSSR count). The van der Waals surface area contributed by atoms with Crippen LogP contribution in [0.15, 0.2) is 96.7 Å². The first-order valence-electron chi connectivity index (χ1n) is 8.23. The summed E-state index contributed by atoms with van der Waals surface area (Å²) < 4.78 is 19.1. The molecule has 0 atom stereocenters. The van der Waals surface area contributed by atoms with Gasteiger partial charge in [-0.2, -0.15) is 0 Å². The maximum atomic E-state index is 14.2. The van der Waals surface area contributed by atoms with E-state index in [9.17, 15) is 4.39 Å². The Balaban J connectivity index is 0.00000129. The molecule has 0 aromatic carbocycles. The van der Waals surface area contributed by atoms with Crippen molar-refractivity contribution < 1.29 is 9.13 Å². The van der Waals surface area contributed by atoms with Gasteiger partial charge in [-0.1, -0.05) is 57.5 Å². The molecule has 1 aliphatic rings. The lowest BCUT2D eigenvalue weighted by Gasteiger charge is -2.11. The molecule has 0 aromatic heterocycles. The van der Waals surface area contributed by atoms with Crippen molar-refractivity contribution >= 4 is 0 Å². The third-order valence-corrected chi connectivity index (χ3v) is 3.49. The van der Waals surface area contributed by atoms with E-state index >= 15 is 0 Å². The zero-order chi connectivity index (χ0) is 19.2. The molecule has 136 valence electrons. The van der Waals surface area contributed by atoms with Gasteiger partial charge in [0.25, 0.3) is 0 Å². The summed E-state index contributed by atoms with van der Waals surface area (Å²) in [4.78, 5) is 0. The van der Waals surface area contributed by atoms with Crippen molar-refractivity contribution in [3.05, 3.63) is 96.7 Å². The highest BCUT2D eigenvalue weighted by Crippen LogP contribution is 2.27. The Labute approximate surface area is 152 Å². The molecule has 1 aliphatic carbocycles. The van der Waals surface area contributed by atoms with Crippen LogP contribution in [0.1, 0.15) is 19.8 Å². The standard InChI is InChI=1S/C19H21FO.C3H9N/c1-14(11-12-16(3)21-5)15(2)13-19(20)17(4)18-9-7-6-8-10-18;1-3-4-2/h6-7,9,11-13H,1-4,8,10H2,5H3;4H,3H2,1-2H3/b12-11-,19-13+;. The molecule has 25 heavy (non-hydrogen) atoms. The molecule has 0 bridgehead atoms. The monoisotopic (exact) mass is 343 g/mol. The molecular weight excluding hydrogens is 313 g/mol. The number of nitrogens with one attached hydrogen (secondary N) is 1. The summed E-state index contributed by atoms with van der Waals surface area (Å²) in [6.45, 7) is 18.3. The molecule has 0 radical (unpaired) electrons. The molecule has 0 saturated carbocycles. The van der Waals surface area contributed by atoms with E-state index in [-0.39, 0.29) is 5.83 Å². The van der Waals surface area contributed by atoms with Crippen molar-refractivity contribution in [3.8, 4) is 0 Å². The number of rotatable bonds is 8. The molecule has 0 unspecified atom stereocenters. The summed E-state index contributed by atoms with van der Waals surface area (Å²) in [5, 5.41) is 2.93. The van der Waals surface area contributed by atoms with E-state index in [1.165, 1.54) is 13.2 Å². The Kier molecular flexibility index (Phi) is 11.7. The molecule has 0 saturated heterocycles. The molecule has 0 heterocycles. The number of hydrogen-bond acceptors (Lipinski definition) is 2. The molecule has 0 aromatic rings. The normalized spacial score (nSPS) is 13.6. The van der Waals surface area contributed by atoms with Crippen LogP contribution in [0.25, 0.3) is 0 Å². The third-order valence-electron chi connectivity index (χ3n) is 3.49. The molecule has 1 N–H and O–H groups in total. The van der Waals surface area contributed by atoms with Crippen LogP contribution >= 0.6 is 0 Å². The Morgan fingerprint density at radius 2 is 1.88 bits per heavy atom. The van der Waals surface area contributed by atoms with Gasteiger partial charge < -0.3 is 10.1 Å². The van der Waals surface area contributed by atoms with E-state index < -0.39 is 0 Å². The van der Waals surface area contributed by atoms with E-state index in [1.807, 2.05) is 25.3 Å². The van der Waals surface area contributed by atoms with E-state index in [2.05, 4.69) is 38.6 Å². The topological polar surface area (TPSA) is 21.3 Å². The molecule has 0 aliphatic heterocycles. The van der Waals surface area contributed by atoms with Crippen LogP contribution in [0, 0.1) is 0 Å². The van der Waals surface area contributed by atoms with E-state index in [0.29, 0.717) is 22.5 Å². The largest absolute Gasteiger partial charge is 0.497 e. The van der Waals surface area contributed by atoms with Gasteiger partial charge in [0.2, 0.25) is 0 Å². The van der Waals surface area contributed by atoms with Gasteiger partial charge in [0.1, 0.15) is 11.6 Å². The molecule has 3 heteroatoms. The highest BCUT2D eigenvalue weighted by atomic mass is 19.1. The fraction of sp³-hybridized carbons (Fsp3) is 0.273. The fourth-order valence-corrected chi connectivity index (χ4v) is 1.71. The lowest BCUT2D eigenvalue weighted by atomic mass is 9.96. The molecule has 0 amide bonds. The number of methoxy groups -OCH3 is 1. The zero-order valence-corrected chi connectivity index (χ0v) is 15.7. The minimum absolute atomic E-state index is 0.387. The van der Waals surface area contributed by atoms with Gasteiger partial charge >= 0.3 is 0 Å². The number of ether oxygens (including phenoxy) is 1. The Morgan fingerprint density at radius 3 is 2.36 bits per heavy atom. The second-order valence-electron chi connectivity index (χ2n) is 5.39. The van der Waals surface area contributed by atoms with Crippen molar-refractivity contribution in [2.75, 3.05) is 20.7 Å². The summed E-state index contributed by atoms with van der Waals surface area (Å²) in [5.74, 6) is 0.110. The zero-order valence-electron chi connectivity index (χ0n) is 15.7. The Bertz CT molecular complexity index is 616. The first-order chi connectivity index (χ1) is 11.9. The maximum Gasteiger partial charge on any atom is 0.130 e. The van der Waals surface area contributed by atoms with E-state index in [0.717, 1.165) is 25.0 Å². The molecular formula is C22H30FNO.